The second-order valence-corrected chi connectivity index (χ2v) is 7.71. The first kappa shape index (κ1) is 19.7. The number of hydrogen-bond acceptors (Lipinski definition) is 2. The van der Waals surface area contributed by atoms with Gasteiger partial charge in [-0.25, -0.2) is 9.18 Å². The van der Waals surface area contributed by atoms with Gasteiger partial charge >= 0.3 is 5.97 Å². The summed E-state index contributed by atoms with van der Waals surface area (Å²) in [5, 5.41) is 8.92. The van der Waals surface area contributed by atoms with Crippen molar-refractivity contribution >= 4 is 35.0 Å². The Bertz CT molecular complexity index is 1140. The van der Waals surface area contributed by atoms with E-state index in [2.05, 4.69) is 0 Å². The summed E-state index contributed by atoms with van der Waals surface area (Å²) in [7, 11) is 0. The summed E-state index contributed by atoms with van der Waals surface area (Å²) in [6.07, 6.45) is 2.69. The average Bonchev–Trinajstić information content (AvgIpc) is 3.11. The quantitative estimate of drug-likeness (QED) is 0.415. The zero-order valence-electron chi connectivity index (χ0n) is 15.2. The number of hydrogen-bond donors (Lipinski definition) is 1. The highest BCUT2D eigenvalue weighted by Crippen LogP contribution is 2.35. The van der Waals surface area contributed by atoms with Crippen molar-refractivity contribution in [2.45, 2.75) is 25.8 Å². The number of aromatic carboxylic acids is 1. The van der Waals surface area contributed by atoms with Gasteiger partial charge in [-0.2, -0.15) is 0 Å². The Kier molecular flexibility index (Phi) is 5.19. The van der Waals surface area contributed by atoms with Crippen molar-refractivity contribution in [2.75, 3.05) is 0 Å². The van der Waals surface area contributed by atoms with Crippen LogP contribution in [-0.4, -0.2) is 21.4 Å². The predicted octanol–water partition coefficient (Wildman–Crippen LogP) is 5.87. The molecular formula is C22H16Cl2FNO3. The van der Waals surface area contributed by atoms with Gasteiger partial charge in [0.05, 0.1) is 26.9 Å². The number of aromatic nitrogens is 1. The summed E-state index contributed by atoms with van der Waals surface area (Å²) >= 11 is 12.2. The summed E-state index contributed by atoms with van der Waals surface area (Å²) in [6, 6.07) is 10.7. The lowest BCUT2D eigenvalue weighted by atomic mass is 10.00. The fraction of sp³-hybridized carbons (Fsp3) is 0.182. The first-order chi connectivity index (χ1) is 13.9. The summed E-state index contributed by atoms with van der Waals surface area (Å²) in [4.78, 5) is 24.4. The molecule has 1 aliphatic heterocycles. The van der Waals surface area contributed by atoms with E-state index < -0.39 is 17.6 Å². The molecule has 2 heterocycles. The summed E-state index contributed by atoms with van der Waals surface area (Å²) in [5.74, 6) is -2.13. The van der Waals surface area contributed by atoms with Crippen molar-refractivity contribution in [3.05, 3.63) is 80.8 Å². The van der Waals surface area contributed by atoms with Crippen LogP contribution >= 0.6 is 23.2 Å². The third-order valence-corrected chi connectivity index (χ3v) is 5.88. The zero-order valence-corrected chi connectivity index (χ0v) is 16.7. The van der Waals surface area contributed by atoms with Crippen LogP contribution < -0.4 is 0 Å². The third-order valence-electron chi connectivity index (χ3n) is 5.20. The SMILES string of the molecule is O=C(O)c1ccc(-c2cc(C(=O)c3c(Cl)ccc(F)c3Cl)n3c2CCCC3)cc1. The number of ketones is 1. The van der Waals surface area contributed by atoms with Gasteiger partial charge in [0, 0.05) is 17.8 Å². The van der Waals surface area contributed by atoms with E-state index >= 15 is 0 Å². The molecule has 4 rings (SSSR count). The molecular weight excluding hydrogens is 416 g/mol. The monoisotopic (exact) mass is 431 g/mol. The van der Waals surface area contributed by atoms with Crippen LogP contribution in [0.15, 0.2) is 42.5 Å². The van der Waals surface area contributed by atoms with E-state index in [1.54, 1.807) is 18.2 Å². The molecule has 0 fully saturated rings. The minimum absolute atomic E-state index is 0.0491. The van der Waals surface area contributed by atoms with Gasteiger partial charge < -0.3 is 9.67 Å². The Hall–Kier alpha value is -2.63. The number of benzene rings is 2. The van der Waals surface area contributed by atoms with E-state index in [1.165, 1.54) is 18.2 Å². The third kappa shape index (κ3) is 3.45. The second-order valence-electron chi connectivity index (χ2n) is 6.93. The molecule has 0 spiro atoms. The normalized spacial score (nSPS) is 13.2. The summed E-state index contributed by atoms with van der Waals surface area (Å²) in [5.41, 5.74) is 3.20. The second kappa shape index (κ2) is 7.65. The molecule has 0 radical (unpaired) electrons. The van der Waals surface area contributed by atoms with Crippen molar-refractivity contribution < 1.29 is 19.1 Å². The first-order valence-corrected chi connectivity index (χ1v) is 9.88. The van der Waals surface area contributed by atoms with E-state index in [1.807, 2.05) is 4.57 Å². The highest BCUT2D eigenvalue weighted by Gasteiger charge is 2.27. The molecule has 3 aromatic rings. The number of carboxylic acid groups (broad SMARTS) is 1. The largest absolute Gasteiger partial charge is 0.478 e. The minimum Gasteiger partial charge on any atom is -0.478 e. The lowest BCUT2D eigenvalue weighted by Gasteiger charge is -2.19. The van der Waals surface area contributed by atoms with Gasteiger partial charge in [-0.05, 0) is 55.2 Å². The maximum absolute atomic E-state index is 13.9. The Morgan fingerprint density at radius 2 is 1.76 bits per heavy atom. The van der Waals surface area contributed by atoms with Gasteiger partial charge in [-0.15, -0.1) is 0 Å². The van der Waals surface area contributed by atoms with E-state index in [9.17, 15) is 14.0 Å². The van der Waals surface area contributed by atoms with E-state index in [-0.39, 0.29) is 21.2 Å². The molecule has 1 N–H and O–H groups in total. The smallest absolute Gasteiger partial charge is 0.335 e. The number of carbonyl (C=O) groups is 2. The molecule has 0 bridgehead atoms. The Morgan fingerprint density at radius 1 is 1.03 bits per heavy atom. The van der Waals surface area contributed by atoms with Crippen LogP contribution in [0.1, 0.15) is 44.9 Å². The summed E-state index contributed by atoms with van der Waals surface area (Å²) in [6.45, 7) is 0.661. The van der Waals surface area contributed by atoms with Crippen molar-refractivity contribution in [1.29, 1.82) is 0 Å². The van der Waals surface area contributed by atoms with Crippen molar-refractivity contribution in [2.24, 2.45) is 0 Å². The fourth-order valence-electron chi connectivity index (χ4n) is 3.77. The summed E-state index contributed by atoms with van der Waals surface area (Å²) < 4.78 is 15.9. The van der Waals surface area contributed by atoms with Gasteiger partial charge in [-0.1, -0.05) is 35.3 Å². The predicted molar refractivity (Wildman–Crippen MR) is 110 cm³/mol. The number of fused-ring (bicyclic) bond motifs is 1. The standard InChI is InChI=1S/C22H16Cl2FNO3/c23-15-8-9-16(25)20(24)19(15)21(27)18-11-14(17-3-1-2-10-26(17)18)12-4-6-13(7-5-12)22(28)29/h4-9,11H,1-3,10H2,(H,28,29). The minimum atomic E-state index is -0.998. The lowest BCUT2D eigenvalue weighted by molar-refractivity contribution is 0.0696. The maximum Gasteiger partial charge on any atom is 0.335 e. The van der Waals surface area contributed by atoms with Gasteiger partial charge in [0.15, 0.2) is 0 Å². The van der Waals surface area contributed by atoms with Crippen LogP contribution in [0.4, 0.5) is 4.39 Å². The molecule has 7 heteroatoms. The first-order valence-electron chi connectivity index (χ1n) is 9.13. The lowest BCUT2D eigenvalue weighted by Crippen LogP contribution is -2.17. The topological polar surface area (TPSA) is 59.3 Å². The maximum atomic E-state index is 13.9. The van der Waals surface area contributed by atoms with Crippen LogP contribution in [0.5, 0.6) is 0 Å². The van der Waals surface area contributed by atoms with Gasteiger partial charge in [0.2, 0.25) is 5.78 Å². The fourth-order valence-corrected chi connectivity index (χ4v) is 4.31. The number of nitrogens with zero attached hydrogens (tertiary/aromatic N) is 1. The van der Waals surface area contributed by atoms with Crippen LogP contribution in [0, 0.1) is 5.82 Å². The van der Waals surface area contributed by atoms with E-state index in [0.29, 0.717) is 12.2 Å². The molecule has 4 nitrogen and oxygen atoms in total. The molecule has 0 aliphatic carbocycles. The molecule has 2 aromatic carbocycles. The molecule has 0 amide bonds. The molecule has 0 saturated carbocycles. The molecule has 0 atom stereocenters. The van der Waals surface area contributed by atoms with Crippen LogP contribution in [0.25, 0.3) is 11.1 Å². The van der Waals surface area contributed by atoms with E-state index in [0.717, 1.165) is 42.1 Å². The number of carbonyl (C=O) groups excluding carboxylic acids is 1. The van der Waals surface area contributed by atoms with Gasteiger partial charge in [0.25, 0.3) is 0 Å². The molecule has 1 aromatic heterocycles. The van der Waals surface area contributed by atoms with E-state index in [4.69, 9.17) is 28.3 Å². The molecule has 148 valence electrons. The zero-order chi connectivity index (χ0) is 20.7. The van der Waals surface area contributed by atoms with Crippen molar-refractivity contribution in [3.8, 4) is 11.1 Å². The Labute approximate surface area is 176 Å². The molecule has 1 aliphatic rings. The molecule has 0 unspecified atom stereocenters. The Morgan fingerprint density at radius 3 is 2.45 bits per heavy atom. The van der Waals surface area contributed by atoms with Gasteiger partial charge in [0.1, 0.15) is 5.82 Å². The Balaban J connectivity index is 1.85. The van der Waals surface area contributed by atoms with Crippen LogP contribution in [-0.2, 0) is 13.0 Å². The van der Waals surface area contributed by atoms with Crippen LogP contribution in [0.2, 0.25) is 10.0 Å². The number of halogens is 3. The highest BCUT2D eigenvalue weighted by atomic mass is 35.5. The van der Waals surface area contributed by atoms with Crippen molar-refractivity contribution in [1.82, 2.24) is 4.57 Å². The molecule has 0 saturated heterocycles. The average molecular weight is 432 g/mol. The molecule has 29 heavy (non-hydrogen) atoms. The van der Waals surface area contributed by atoms with Crippen molar-refractivity contribution in [3.63, 3.8) is 0 Å². The van der Waals surface area contributed by atoms with Crippen LogP contribution in [0.3, 0.4) is 0 Å². The van der Waals surface area contributed by atoms with Gasteiger partial charge in [-0.3, -0.25) is 4.79 Å². The highest BCUT2D eigenvalue weighted by molar-refractivity contribution is 6.41. The number of rotatable bonds is 4. The number of carboxylic acids is 1.